The third-order valence-electron chi connectivity index (χ3n) is 3.60. The van der Waals surface area contributed by atoms with Gasteiger partial charge in [0, 0.05) is 23.4 Å². The second-order valence-corrected chi connectivity index (χ2v) is 7.26. The highest BCUT2D eigenvalue weighted by molar-refractivity contribution is 9.10. The Morgan fingerprint density at radius 2 is 1.90 bits per heavy atom. The van der Waals surface area contributed by atoms with E-state index in [2.05, 4.69) is 58.4 Å². The molecule has 3 heterocycles. The molecule has 1 aliphatic heterocycles. The molecule has 0 aliphatic carbocycles. The van der Waals surface area contributed by atoms with Gasteiger partial charge in [0.05, 0.1) is 24.0 Å². The third kappa shape index (κ3) is 2.55. The predicted octanol–water partition coefficient (Wildman–Crippen LogP) is 3.94. The highest BCUT2D eigenvalue weighted by atomic mass is 79.9. The molecule has 2 aromatic heterocycles. The van der Waals surface area contributed by atoms with Gasteiger partial charge >= 0.3 is 0 Å². The topological polar surface area (TPSA) is 43.1 Å². The molecule has 0 unspecified atom stereocenters. The van der Waals surface area contributed by atoms with Crippen LogP contribution in [0.5, 0.6) is 0 Å². The summed E-state index contributed by atoms with van der Waals surface area (Å²) in [5.41, 5.74) is 4.45. The number of rotatable bonds is 1. The second kappa shape index (κ2) is 5.05. The second-order valence-electron chi connectivity index (χ2n) is 6.51. The number of aromatic nitrogens is 3. The quantitative estimate of drug-likeness (QED) is 0.784. The van der Waals surface area contributed by atoms with Crippen LogP contribution in [0.1, 0.15) is 33.4 Å². The van der Waals surface area contributed by atoms with Gasteiger partial charge < -0.3 is 0 Å². The Hall–Kier alpha value is -1.49. The summed E-state index contributed by atoms with van der Waals surface area (Å²) in [6.45, 7) is 9.55. The molecule has 0 bridgehead atoms. The van der Waals surface area contributed by atoms with Crippen LogP contribution < -0.4 is 0 Å². The van der Waals surface area contributed by atoms with Crippen molar-refractivity contribution in [1.29, 1.82) is 0 Å². The molecule has 0 amide bonds. The Balaban J connectivity index is 2.26. The predicted molar refractivity (Wildman–Crippen MR) is 88.6 cm³/mol. The van der Waals surface area contributed by atoms with Crippen molar-refractivity contribution in [3.63, 3.8) is 0 Å². The molecule has 0 radical (unpaired) electrons. The van der Waals surface area contributed by atoms with Crippen LogP contribution >= 0.6 is 15.9 Å². The summed E-state index contributed by atoms with van der Waals surface area (Å²) in [5, 5.41) is 4.67. The minimum Gasteiger partial charge on any atom is -0.282 e. The molecule has 2 aromatic rings. The van der Waals surface area contributed by atoms with Gasteiger partial charge in [-0.15, -0.1) is 0 Å². The lowest BCUT2D eigenvalue weighted by atomic mass is 9.85. The number of halogens is 1. The van der Waals surface area contributed by atoms with Gasteiger partial charge in [0.15, 0.2) is 0 Å². The molecule has 0 saturated carbocycles. The van der Waals surface area contributed by atoms with Crippen LogP contribution in [0.25, 0.3) is 11.1 Å². The summed E-state index contributed by atoms with van der Waals surface area (Å²) in [4.78, 5) is 9.02. The molecular formula is C16H19BrN4. The van der Waals surface area contributed by atoms with Crippen LogP contribution in [0.3, 0.4) is 0 Å². The summed E-state index contributed by atoms with van der Waals surface area (Å²) in [7, 11) is 0. The first-order valence-corrected chi connectivity index (χ1v) is 7.92. The van der Waals surface area contributed by atoms with Gasteiger partial charge in [0.1, 0.15) is 4.60 Å². The molecule has 1 atom stereocenters. The smallest absolute Gasteiger partial charge is 0.136 e. The van der Waals surface area contributed by atoms with Crippen molar-refractivity contribution in [2.75, 3.05) is 0 Å². The van der Waals surface area contributed by atoms with Crippen molar-refractivity contribution in [3.05, 3.63) is 34.8 Å². The van der Waals surface area contributed by atoms with E-state index in [1.807, 2.05) is 24.5 Å². The van der Waals surface area contributed by atoms with E-state index in [0.29, 0.717) is 0 Å². The van der Waals surface area contributed by atoms with Gasteiger partial charge in [-0.3, -0.25) is 14.7 Å². The van der Waals surface area contributed by atoms with E-state index in [9.17, 15) is 0 Å². The highest BCUT2D eigenvalue weighted by Crippen LogP contribution is 2.37. The average Bonchev–Trinajstić information content (AvgIpc) is 2.73. The maximum absolute atomic E-state index is 4.91. The SMILES string of the molecule is C[C@H]1Cn2nc(Br)c(-c3ccncc3)c2C(C(C)(C)C)=N1. The Morgan fingerprint density at radius 1 is 1.24 bits per heavy atom. The van der Waals surface area contributed by atoms with E-state index in [-0.39, 0.29) is 11.5 Å². The molecule has 0 saturated heterocycles. The van der Waals surface area contributed by atoms with Crippen molar-refractivity contribution in [2.24, 2.45) is 10.4 Å². The van der Waals surface area contributed by atoms with Crippen molar-refractivity contribution in [3.8, 4) is 11.1 Å². The number of pyridine rings is 1. The standard InChI is InChI=1S/C16H19BrN4/c1-10-9-21-13(14(19-10)16(2,3)4)12(15(17)20-21)11-5-7-18-8-6-11/h5-8,10H,9H2,1-4H3/t10-/m0/s1. The van der Waals surface area contributed by atoms with Crippen molar-refractivity contribution < 1.29 is 0 Å². The highest BCUT2D eigenvalue weighted by Gasteiger charge is 2.32. The number of fused-ring (bicyclic) bond motifs is 1. The first-order valence-electron chi connectivity index (χ1n) is 7.13. The van der Waals surface area contributed by atoms with Crippen molar-refractivity contribution in [1.82, 2.24) is 14.8 Å². The number of hydrogen-bond donors (Lipinski definition) is 0. The van der Waals surface area contributed by atoms with E-state index in [0.717, 1.165) is 33.7 Å². The lowest BCUT2D eigenvalue weighted by Gasteiger charge is -2.29. The first kappa shape index (κ1) is 14.4. The fraction of sp³-hybridized carbons (Fsp3) is 0.438. The first-order chi connectivity index (χ1) is 9.88. The van der Waals surface area contributed by atoms with Gasteiger partial charge in [0.25, 0.3) is 0 Å². The molecule has 0 aromatic carbocycles. The van der Waals surface area contributed by atoms with Gasteiger partial charge in [-0.25, -0.2) is 0 Å². The normalized spacial score (nSPS) is 18.3. The van der Waals surface area contributed by atoms with Gasteiger partial charge in [-0.2, -0.15) is 5.10 Å². The average molecular weight is 347 g/mol. The van der Waals surface area contributed by atoms with E-state index in [1.165, 1.54) is 0 Å². The van der Waals surface area contributed by atoms with Crippen LogP contribution in [0, 0.1) is 5.41 Å². The molecule has 4 nitrogen and oxygen atoms in total. The summed E-state index contributed by atoms with van der Waals surface area (Å²) in [6, 6.07) is 4.28. The maximum atomic E-state index is 4.91. The molecule has 1 aliphatic rings. The van der Waals surface area contributed by atoms with Crippen LogP contribution in [-0.4, -0.2) is 26.5 Å². The summed E-state index contributed by atoms with van der Waals surface area (Å²) >= 11 is 3.62. The Morgan fingerprint density at radius 3 is 2.52 bits per heavy atom. The largest absolute Gasteiger partial charge is 0.282 e. The summed E-state index contributed by atoms with van der Waals surface area (Å²) < 4.78 is 2.95. The molecule has 110 valence electrons. The van der Waals surface area contributed by atoms with Crippen molar-refractivity contribution >= 4 is 21.6 Å². The number of aliphatic imine (C=N–C) groups is 1. The van der Waals surface area contributed by atoms with E-state index >= 15 is 0 Å². The number of hydrogen-bond acceptors (Lipinski definition) is 3. The van der Waals surface area contributed by atoms with Gasteiger partial charge in [0.2, 0.25) is 0 Å². The minimum absolute atomic E-state index is 0.0202. The molecule has 0 N–H and O–H groups in total. The van der Waals surface area contributed by atoms with E-state index < -0.39 is 0 Å². The van der Waals surface area contributed by atoms with Gasteiger partial charge in [-0.1, -0.05) is 20.8 Å². The van der Waals surface area contributed by atoms with Crippen molar-refractivity contribution in [2.45, 2.75) is 40.3 Å². The van der Waals surface area contributed by atoms with Crippen LogP contribution in [0.15, 0.2) is 34.1 Å². The van der Waals surface area contributed by atoms with E-state index in [4.69, 9.17) is 4.99 Å². The summed E-state index contributed by atoms with van der Waals surface area (Å²) in [5.74, 6) is 0. The zero-order valence-corrected chi connectivity index (χ0v) is 14.3. The monoisotopic (exact) mass is 346 g/mol. The summed E-state index contributed by atoms with van der Waals surface area (Å²) in [6.07, 6.45) is 3.62. The Bertz CT molecular complexity index is 695. The molecule has 5 heteroatoms. The van der Waals surface area contributed by atoms with E-state index in [1.54, 1.807) is 0 Å². The van der Waals surface area contributed by atoms with Crippen LogP contribution in [0.2, 0.25) is 0 Å². The Kier molecular flexibility index (Phi) is 3.48. The van der Waals surface area contributed by atoms with Crippen LogP contribution in [0.4, 0.5) is 0 Å². The minimum atomic E-state index is -0.0202. The molecule has 0 fully saturated rings. The maximum Gasteiger partial charge on any atom is 0.136 e. The number of nitrogens with zero attached hydrogens (tertiary/aromatic N) is 4. The van der Waals surface area contributed by atoms with Crippen LogP contribution in [-0.2, 0) is 6.54 Å². The lowest BCUT2D eigenvalue weighted by Crippen LogP contribution is -2.32. The third-order valence-corrected chi connectivity index (χ3v) is 4.16. The van der Waals surface area contributed by atoms with Gasteiger partial charge in [-0.05, 0) is 40.5 Å². The molecular weight excluding hydrogens is 328 g/mol. The Labute approximate surface area is 133 Å². The fourth-order valence-electron chi connectivity index (χ4n) is 2.70. The molecule has 21 heavy (non-hydrogen) atoms. The lowest BCUT2D eigenvalue weighted by molar-refractivity contribution is 0.491. The molecule has 0 spiro atoms. The zero-order valence-electron chi connectivity index (χ0n) is 12.8. The zero-order chi connectivity index (χ0) is 15.2. The fourth-order valence-corrected chi connectivity index (χ4v) is 3.31. The molecule has 3 rings (SSSR count).